The van der Waals surface area contributed by atoms with Crippen LogP contribution in [0.3, 0.4) is 0 Å². The van der Waals surface area contributed by atoms with E-state index in [0.717, 1.165) is 21.0 Å². The lowest BCUT2D eigenvalue weighted by atomic mass is 10.6. The zero-order valence-electron chi connectivity index (χ0n) is 7.32. The van der Waals surface area contributed by atoms with Crippen LogP contribution in [0, 0.1) is 6.92 Å². The van der Waals surface area contributed by atoms with E-state index in [-0.39, 0.29) is 0 Å². The van der Waals surface area contributed by atoms with Crippen LogP contribution in [0.25, 0.3) is 0 Å². The molecule has 2 aromatic rings. The molecule has 0 aliphatic rings. The van der Waals surface area contributed by atoms with Crippen molar-refractivity contribution in [2.24, 2.45) is 0 Å². The molecule has 2 heterocycles. The molecule has 2 rings (SSSR count). The van der Waals surface area contributed by atoms with Gasteiger partial charge in [-0.25, -0.2) is 4.98 Å². The van der Waals surface area contributed by atoms with E-state index in [2.05, 4.69) is 20.5 Å². The van der Waals surface area contributed by atoms with Crippen molar-refractivity contribution in [2.75, 3.05) is 5.32 Å². The van der Waals surface area contributed by atoms with Crippen LogP contribution < -0.4 is 5.32 Å². The van der Waals surface area contributed by atoms with Crippen molar-refractivity contribution in [1.82, 2.24) is 15.2 Å². The minimum atomic E-state index is 0.438. The lowest BCUT2D eigenvalue weighted by Gasteiger charge is -1.93. The van der Waals surface area contributed by atoms with Gasteiger partial charge < -0.3 is 5.32 Å². The van der Waals surface area contributed by atoms with E-state index in [0.29, 0.717) is 5.88 Å². The van der Waals surface area contributed by atoms with Crippen LogP contribution in [0.5, 0.6) is 0 Å². The van der Waals surface area contributed by atoms with Crippen LogP contribution in [-0.2, 0) is 5.88 Å². The third-order valence-electron chi connectivity index (χ3n) is 1.43. The van der Waals surface area contributed by atoms with Crippen molar-refractivity contribution in [3.63, 3.8) is 0 Å². The molecule has 0 spiro atoms. The number of hydrogen-bond acceptors (Lipinski definition) is 6. The van der Waals surface area contributed by atoms with Crippen LogP contribution in [0.1, 0.15) is 10.7 Å². The first-order valence-electron chi connectivity index (χ1n) is 3.85. The highest BCUT2D eigenvalue weighted by Gasteiger charge is 2.04. The molecule has 4 nitrogen and oxygen atoms in total. The number of nitrogens with zero attached hydrogens (tertiary/aromatic N) is 3. The minimum absolute atomic E-state index is 0.438. The number of aromatic nitrogens is 3. The number of hydrogen-bond donors (Lipinski definition) is 1. The van der Waals surface area contributed by atoms with Crippen molar-refractivity contribution in [2.45, 2.75) is 12.8 Å². The SMILES string of the molecule is Cc1nnc(Nc2nc(CCl)cs2)s1. The zero-order chi connectivity index (χ0) is 9.97. The molecule has 0 saturated carbocycles. The highest BCUT2D eigenvalue weighted by atomic mass is 35.5. The second kappa shape index (κ2) is 4.20. The van der Waals surface area contributed by atoms with Gasteiger partial charge in [-0.15, -0.1) is 33.1 Å². The molecule has 7 heteroatoms. The second-order valence-corrected chi connectivity index (χ2v) is 4.84. The monoisotopic (exact) mass is 246 g/mol. The van der Waals surface area contributed by atoms with Gasteiger partial charge in [0, 0.05) is 5.38 Å². The highest BCUT2D eigenvalue weighted by Crippen LogP contribution is 2.23. The van der Waals surface area contributed by atoms with Gasteiger partial charge in [-0.1, -0.05) is 11.3 Å². The summed E-state index contributed by atoms with van der Waals surface area (Å²) >= 11 is 8.65. The predicted octanol–water partition coefficient (Wildman–Crippen LogP) is 2.79. The Bertz CT molecular complexity index is 425. The molecule has 0 fully saturated rings. The topological polar surface area (TPSA) is 50.7 Å². The summed E-state index contributed by atoms with van der Waals surface area (Å²) in [7, 11) is 0. The average molecular weight is 247 g/mol. The molecule has 0 atom stereocenters. The van der Waals surface area contributed by atoms with E-state index in [4.69, 9.17) is 11.6 Å². The molecular weight excluding hydrogens is 240 g/mol. The molecule has 1 N–H and O–H groups in total. The molecule has 0 aromatic carbocycles. The number of aryl methyl sites for hydroxylation is 1. The molecule has 0 aliphatic carbocycles. The fraction of sp³-hybridized carbons (Fsp3) is 0.286. The van der Waals surface area contributed by atoms with E-state index in [9.17, 15) is 0 Å². The summed E-state index contributed by atoms with van der Waals surface area (Å²) in [6, 6.07) is 0. The number of nitrogens with one attached hydrogen (secondary N) is 1. The Morgan fingerprint density at radius 1 is 1.43 bits per heavy atom. The first-order chi connectivity index (χ1) is 6.78. The molecule has 0 bridgehead atoms. The summed E-state index contributed by atoms with van der Waals surface area (Å²) in [5, 5.41) is 15.3. The lowest BCUT2D eigenvalue weighted by Crippen LogP contribution is -1.88. The van der Waals surface area contributed by atoms with E-state index in [1.807, 2.05) is 12.3 Å². The van der Waals surface area contributed by atoms with Gasteiger partial charge in [0.15, 0.2) is 5.13 Å². The second-order valence-electron chi connectivity index (χ2n) is 2.53. The molecule has 74 valence electrons. The Balaban J connectivity index is 2.10. The van der Waals surface area contributed by atoms with Gasteiger partial charge in [-0.05, 0) is 6.92 Å². The van der Waals surface area contributed by atoms with Crippen molar-refractivity contribution in [3.05, 3.63) is 16.1 Å². The van der Waals surface area contributed by atoms with Crippen LogP contribution >= 0.6 is 34.3 Å². The van der Waals surface area contributed by atoms with Gasteiger partial charge in [0.1, 0.15) is 5.01 Å². The van der Waals surface area contributed by atoms with Crippen LogP contribution in [0.15, 0.2) is 5.38 Å². The fourth-order valence-electron chi connectivity index (χ4n) is 0.864. The fourth-order valence-corrected chi connectivity index (χ4v) is 2.46. The van der Waals surface area contributed by atoms with Gasteiger partial charge >= 0.3 is 0 Å². The highest BCUT2D eigenvalue weighted by molar-refractivity contribution is 7.16. The third-order valence-corrected chi connectivity index (χ3v) is 3.26. The zero-order valence-corrected chi connectivity index (χ0v) is 9.71. The largest absolute Gasteiger partial charge is 0.306 e. The number of alkyl halides is 1. The molecule has 2 aromatic heterocycles. The van der Waals surface area contributed by atoms with Gasteiger partial charge in [0.05, 0.1) is 11.6 Å². The van der Waals surface area contributed by atoms with Crippen molar-refractivity contribution in [1.29, 1.82) is 0 Å². The van der Waals surface area contributed by atoms with Gasteiger partial charge in [0.25, 0.3) is 0 Å². The Morgan fingerprint density at radius 3 is 2.86 bits per heavy atom. The summed E-state index contributed by atoms with van der Waals surface area (Å²) in [6.07, 6.45) is 0. The van der Waals surface area contributed by atoms with Crippen LogP contribution in [0.2, 0.25) is 0 Å². The number of thiazole rings is 1. The molecular formula is C7H7ClN4S2. The Morgan fingerprint density at radius 2 is 2.29 bits per heavy atom. The first-order valence-corrected chi connectivity index (χ1v) is 6.08. The van der Waals surface area contributed by atoms with Crippen LogP contribution in [0.4, 0.5) is 10.3 Å². The molecule has 14 heavy (non-hydrogen) atoms. The van der Waals surface area contributed by atoms with E-state index < -0.39 is 0 Å². The normalized spacial score (nSPS) is 10.4. The maximum Gasteiger partial charge on any atom is 0.211 e. The van der Waals surface area contributed by atoms with Gasteiger partial charge in [0.2, 0.25) is 5.13 Å². The predicted molar refractivity (Wildman–Crippen MR) is 59.6 cm³/mol. The van der Waals surface area contributed by atoms with Crippen molar-refractivity contribution in [3.8, 4) is 0 Å². The summed E-state index contributed by atoms with van der Waals surface area (Å²) in [6.45, 7) is 1.91. The van der Waals surface area contributed by atoms with E-state index >= 15 is 0 Å². The third kappa shape index (κ3) is 2.20. The molecule has 0 aliphatic heterocycles. The van der Waals surface area contributed by atoms with Gasteiger partial charge in [-0.2, -0.15) is 0 Å². The minimum Gasteiger partial charge on any atom is -0.306 e. The quantitative estimate of drug-likeness (QED) is 0.847. The average Bonchev–Trinajstić information content (AvgIpc) is 2.76. The number of halogens is 1. The molecule has 0 radical (unpaired) electrons. The summed E-state index contributed by atoms with van der Waals surface area (Å²) in [5.41, 5.74) is 0.875. The Labute approximate surface area is 94.0 Å². The first kappa shape index (κ1) is 9.82. The molecule has 0 unspecified atom stereocenters. The van der Waals surface area contributed by atoms with Gasteiger partial charge in [-0.3, -0.25) is 0 Å². The van der Waals surface area contributed by atoms with E-state index in [1.54, 1.807) is 0 Å². The van der Waals surface area contributed by atoms with Crippen LogP contribution in [-0.4, -0.2) is 15.2 Å². The maximum atomic E-state index is 5.64. The Hall–Kier alpha value is -0.720. The van der Waals surface area contributed by atoms with E-state index in [1.165, 1.54) is 22.7 Å². The number of anilines is 2. The summed E-state index contributed by atoms with van der Waals surface area (Å²) in [4.78, 5) is 4.25. The van der Waals surface area contributed by atoms with Crippen molar-refractivity contribution < 1.29 is 0 Å². The summed E-state index contributed by atoms with van der Waals surface area (Å²) in [5.74, 6) is 0.438. The van der Waals surface area contributed by atoms with Crippen molar-refractivity contribution >= 4 is 44.5 Å². The smallest absolute Gasteiger partial charge is 0.211 e. The lowest BCUT2D eigenvalue weighted by molar-refractivity contribution is 1.05. The number of rotatable bonds is 3. The molecule has 0 saturated heterocycles. The maximum absolute atomic E-state index is 5.64. The summed E-state index contributed by atoms with van der Waals surface area (Å²) < 4.78 is 0. The Kier molecular flexibility index (Phi) is 2.95. The molecule has 0 amide bonds. The standard InChI is InChI=1S/C7H7ClN4S2/c1-4-11-12-7(14-4)10-6-9-5(2-8)3-13-6/h3H,2H2,1H3,(H,9,10,12).